The summed E-state index contributed by atoms with van der Waals surface area (Å²) >= 11 is 0. The summed E-state index contributed by atoms with van der Waals surface area (Å²) in [5.41, 5.74) is 0. The molecular weight excluding hydrogens is 248 g/mol. The van der Waals surface area contributed by atoms with Crippen LogP contribution in [0.3, 0.4) is 0 Å². The van der Waals surface area contributed by atoms with Crippen molar-refractivity contribution in [1.29, 1.82) is 0 Å². The fourth-order valence-corrected chi connectivity index (χ4v) is 0.818. The van der Waals surface area contributed by atoms with Crippen LogP contribution in [0.4, 0.5) is 0 Å². The molecule has 0 atom stereocenters. The molecule has 0 aromatic carbocycles. The van der Waals surface area contributed by atoms with Gasteiger partial charge in [0, 0.05) is 33.4 Å². The molecule has 19 heavy (non-hydrogen) atoms. The summed E-state index contributed by atoms with van der Waals surface area (Å²) in [6.45, 7) is 7.75. The highest BCUT2D eigenvalue weighted by molar-refractivity contribution is 5.62. The van der Waals surface area contributed by atoms with Crippen LogP contribution in [0.2, 0.25) is 0 Å². The third kappa shape index (κ3) is 58.6. The van der Waals surface area contributed by atoms with Crippen LogP contribution in [0.5, 0.6) is 0 Å². The van der Waals surface area contributed by atoms with E-state index >= 15 is 0 Å². The molecule has 0 heterocycles. The van der Waals surface area contributed by atoms with E-state index in [1.54, 1.807) is 0 Å². The van der Waals surface area contributed by atoms with Crippen molar-refractivity contribution in [3.63, 3.8) is 0 Å². The molecule has 0 radical (unpaired) electrons. The van der Waals surface area contributed by atoms with Gasteiger partial charge in [0.15, 0.2) is 0 Å². The molecule has 0 saturated heterocycles. The number of rotatable bonds is 9. The third-order valence-corrected chi connectivity index (χ3v) is 1.85. The van der Waals surface area contributed by atoms with Gasteiger partial charge in [-0.05, 0) is 25.7 Å². The largest absolute Gasteiger partial charge is 0.481 e. The Morgan fingerprint density at radius 3 is 1.42 bits per heavy atom. The van der Waals surface area contributed by atoms with Gasteiger partial charge >= 0.3 is 0 Å². The molecule has 3 N–H and O–H groups in total. The minimum atomic E-state index is -0.833. The first-order chi connectivity index (χ1) is 9.06. The molecule has 0 aromatic heterocycles. The maximum Gasteiger partial charge on any atom is 0.300 e. The van der Waals surface area contributed by atoms with E-state index in [9.17, 15) is 0 Å². The topological polar surface area (TPSA) is 87.0 Å². The van der Waals surface area contributed by atoms with Crippen LogP contribution in [-0.2, 0) is 9.53 Å². The van der Waals surface area contributed by atoms with Crippen LogP contribution in [0, 0.1) is 0 Å². The zero-order valence-corrected chi connectivity index (χ0v) is 12.7. The lowest BCUT2D eigenvalue weighted by molar-refractivity contribution is -0.134. The summed E-state index contributed by atoms with van der Waals surface area (Å²) in [5, 5.41) is 23.6. The third-order valence-electron chi connectivity index (χ3n) is 1.85. The smallest absolute Gasteiger partial charge is 0.300 e. The zero-order valence-electron chi connectivity index (χ0n) is 12.7. The standard InChI is InChI=1S/C8H18O.C4H10O2.C2H4O2/c1-3-5-7-9-8-6-4-2;5-3-1-2-4-6;1-2(3)4/h3-8H2,1-2H3;5-6H,1-4H2;1H3,(H,3,4). The molecule has 5 nitrogen and oxygen atoms in total. The highest BCUT2D eigenvalue weighted by Crippen LogP contribution is 1.91. The molecule has 0 spiro atoms. The lowest BCUT2D eigenvalue weighted by Gasteiger charge is -1.99. The summed E-state index contributed by atoms with van der Waals surface area (Å²) in [6.07, 6.45) is 6.35. The van der Waals surface area contributed by atoms with Crippen molar-refractivity contribution in [2.45, 2.75) is 59.3 Å². The van der Waals surface area contributed by atoms with Gasteiger partial charge in [-0.2, -0.15) is 0 Å². The number of aliphatic hydroxyl groups excluding tert-OH is 2. The number of unbranched alkanes of at least 4 members (excludes halogenated alkanes) is 3. The van der Waals surface area contributed by atoms with Crippen LogP contribution in [0.15, 0.2) is 0 Å². The Labute approximate surface area is 117 Å². The predicted octanol–water partition coefficient (Wildman–Crippen LogP) is 2.45. The molecule has 0 aromatic rings. The van der Waals surface area contributed by atoms with E-state index in [2.05, 4.69) is 13.8 Å². The molecule has 0 bridgehead atoms. The Morgan fingerprint density at radius 2 is 1.21 bits per heavy atom. The number of carboxylic acid groups (broad SMARTS) is 1. The van der Waals surface area contributed by atoms with Crippen molar-refractivity contribution in [3.05, 3.63) is 0 Å². The summed E-state index contributed by atoms with van der Waals surface area (Å²) < 4.78 is 5.31. The first kappa shape index (κ1) is 23.4. The minimum Gasteiger partial charge on any atom is -0.481 e. The molecule has 0 unspecified atom stereocenters. The molecule has 0 amide bonds. The van der Waals surface area contributed by atoms with Gasteiger partial charge in [0.05, 0.1) is 0 Å². The first-order valence-electron chi connectivity index (χ1n) is 7.05. The second-order valence-corrected chi connectivity index (χ2v) is 3.99. The summed E-state index contributed by atoms with van der Waals surface area (Å²) in [6, 6.07) is 0. The molecule has 0 aliphatic carbocycles. The SMILES string of the molecule is CC(=O)O.CCCCOCCCC.OCCCCO. The molecule has 0 rings (SSSR count). The van der Waals surface area contributed by atoms with Crippen LogP contribution in [-0.4, -0.2) is 47.7 Å². The Balaban J connectivity index is -0.000000222. The quantitative estimate of drug-likeness (QED) is 0.565. The van der Waals surface area contributed by atoms with E-state index < -0.39 is 5.97 Å². The van der Waals surface area contributed by atoms with Crippen LogP contribution >= 0.6 is 0 Å². The molecule has 5 heteroatoms. The van der Waals surface area contributed by atoms with Gasteiger partial charge in [-0.25, -0.2) is 0 Å². The number of ether oxygens (including phenoxy) is 1. The van der Waals surface area contributed by atoms with Gasteiger partial charge in [-0.1, -0.05) is 26.7 Å². The molecule has 0 aliphatic heterocycles. The van der Waals surface area contributed by atoms with E-state index in [1.165, 1.54) is 25.7 Å². The van der Waals surface area contributed by atoms with Crippen molar-refractivity contribution in [2.75, 3.05) is 26.4 Å². The summed E-state index contributed by atoms with van der Waals surface area (Å²) in [7, 11) is 0. The maximum atomic E-state index is 9.00. The number of hydrogen-bond donors (Lipinski definition) is 3. The highest BCUT2D eigenvalue weighted by atomic mass is 16.5. The lowest BCUT2D eigenvalue weighted by Crippen LogP contribution is -1.95. The minimum absolute atomic E-state index is 0.195. The Kier molecular flexibility index (Phi) is 32.1. The Hall–Kier alpha value is -0.650. The molecular formula is C14H32O5. The first-order valence-corrected chi connectivity index (χ1v) is 7.05. The van der Waals surface area contributed by atoms with E-state index in [0.29, 0.717) is 0 Å². The number of aliphatic carboxylic acids is 1. The van der Waals surface area contributed by atoms with Crippen molar-refractivity contribution in [3.8, 4) is 0 Å². The summed E-state index contributed by atoms with van der Waals surface area (Å²) in [4.78, 5) is 9.00. The van der Waals surface area contributed by atoms with Gasteiger partial charge in [-0.3, -0.25) is 4.79 Å². The fraction of sp³-hybridized carbons (Fsp3) is 0.929. The van der Waals surface area contributed by atoms with Crippen LogP contribution in [0.1, 0.15) is 59.3 Å². The number of hydrogen-bond acceptors (Lipinski definition) is 4. The molecule has 0 fully saturated rings. The van der Waals surface area contributed by atoms with Crippen LogP contribution < -0.4 is 0 Å². The predicted molar refractivity (Wildman–Crippen MR) is 77.4 cm³/mol. The Morgan fingerprint density at radius 1 is 0.895 bits per heavy atom. The van der Waals surface area contributed by atoms with Gasteiger partial charge in [0.25, 0.3) is 5.97 Å². The fourth-order valence-electron chi connectivity index (χ4n) is 0.818. The van der Waals surface area contributed by atoms with Crippen LogP contribution in [0.25, 0.3) is 0 Å². The lowest BCUT2D eigenvalue weighted by atomic mass is 10.3. The monoisotopic (exact) mass is 280 g/mol. The number of carbonyl (C=O) groups is 1. The van der Waals surface area contributed by atoms with E-state index in [4.69, 9.17) is 24.9 Å². The average Bonchev–Trinajstić information content (AvgIpc) is 2.36. The molecule has 118 valence electrons. The van der Waals surface area contributed by atoms with E-state index in [0.717, 1.165) is 33.0 Å². The second kappa shape index (κ2) is 26.0. The van der Waals surface area contributed by atoms with E-state index in [1.807, 2.05) is 0 Å². The van der Waals surface area contributed by atoms with Gasteiger partial charge in [0.1, 0.15) is 0 Å². The number of carboxylic acids is 1. The van der Waals surface area contributed by atoms with Gasteiger partial charge < -0.3 is 20.1 Å². The normalized spacial score (nSPS) is 8.89. The zero-order chi connectivity index (χ0) is 15.4. The van der Waals surface area contributed by atoms with Gasteiger partial charge in [0.2, 0.25) is 0 Å². The van der Waals surface area contributed by atoms with E-state index in [-0.39, 0.29) is 13.2 Å². The molecule has 0 aliphatic rings. The maximum absolute atomic E-state index is 9.00. The van der Waals surface area contributed by atoms with Crippen molar-refractivity contribution in [1.82, 2.24) is 0 Å². The molecule has 0 saturated carbocycles. The van der Waals surface area contributed by atoms with Crippen molar-refractivity contribution < 1.29 is 24.9 Å². The second-order valence-electron chi connectivity index (χ2n) is 3.99. The number of aliphatic hydroxyl groups is 2. The van der Waals surface area contributed by atoms with Crippen molar-refractivity contribution >= 4 is 5.97 Å². The average molecular weight is 280 g/mol. The van der Waals surface area contributed by atoms with Gasteiger partial charge in [-0.15, -0.1) is 0 Å². The Bertz CT molecular complexity index is 137. The summed E-state index contributed by atoms with van der Waals surface area (Å²) in [5.74, 6) is -0.833. The van der Waals surface area contributed by atoms with Crippen molar-refractivity contribution in [2.24, 2.45) is 0 Å². The highest BCUT2D eigenvalue weighted by Gasteiger charge is 1.84.